The zero-order chi connectivity index (χ0) is 16.9. The standard InChI is InChI=1S/C16H21NO5/c1-6-10-8-11(7-2)14(17-9(3)18)13(16(20)22-5)12(10)15(19)21-4/h8H,6-7H2,1-5H3,(H,17,18). The lowest BCUT2D eigenvalue weighted by molar-refractivity contribution is -0.114. The topological polar surface area (TPSA) is 81.7 Å². The maximum atomic E-state index is 12.2. The molecule has 1 N–H and O–H groups in total. The Kier molecular flexibility index (Phi) is 6.10. The Morgan fingerprint density at radius 2 is 1.45 bits per heavy atom. The van der Waals surface area contributed by atoms with Gasteiger partial charge in [0.25, 0.3) is 0 Å². The molecule has 1 aromatic rings. The average Bonchev–Trinajstić information content (AvgIpc) is 2.51. The molecule has 0 aliphatic carbocycles. The minimum Gasteiger partial charge on any atom is -0.465 e. The Morgan fingerprint density at radius 3 is 1.86 bits per heavy atom. The number of esters is 2. The van der Waals surface area contributed by atoms with Crippen LogP contribution in [0.25, 0.3) is 0 Å². The molecule has 1 rings (SSSR count). The normalized spacial score (nSPS) is 10.0. The molecule has 22 heavy (non-hydrogen) atoms. The van der Waals surface area contributed by atoms with Crippen LogP contribution < -0.4 is 5.32 Å². The van der Waals surface area contributed by atoms with Crippen LogP contribution in [0.3, 0.4) is 0 Å². The van der Waals surface area contributed by atoms with Gasteiger partial charge in [-0.25, -0.2) is 9.59 Å². The van der Waals surface area contributed by atoms with Gasteiger partial charge in [-0.1, -0.05) is 19.9 Å². The zero-order valence-corrected chi connectivity index (χ0v) is 13.5. The van der Waals surface area contributed by atoms with Crippen LogP contribution in [0, 0.1) is 0 Å². The van der Waals surface area contributed by atoms with Crippen molar-refractivity contribution in [1.82, 2.24) is 0 Å². The molecule has 6 heteroatoms. The van der Waals surface area contributed by atoms with Gasteiger partial charge in [-0.2, -0.15) is 0 Å². The summed E-state index contributed by atoms with van der Waals surface area (Å²) in [6.07, 6.45) is 1.13. The highest BCUT2D eigenvalue weighted by Gasteiger charge is 2.28. The van der Waals surface area contributed by atoms with Gasteiger partial charge >= 0.3 is 11.9 Å². The first kappa shape index (κ1) is 17.7. The Bertz CT molecular complexity index is 607. The molecule has 0 aromatic heterocycles. The zero-order valence-electron chi connectivity index (χ0n) is 13.5. The van der Waals surface area contributed by atoms with Gasteiger partial charge in [-0.3, -0.25) is 4.79 Å². The van der Waals surface area contributed by atoms with E-state index in [0.29, 0.717) is 24.1 Å². The molecule has 6 nitrogen and oxygen atoms in total. The van der Waals surface area contributed by atoms with Crippen LogP contribution in [0.15, 0.2) is 6.07 Å². The molecule has 0 atom stereocenters. The summed E-state index contributed by atoms with van der Waals surface area (Å²) in [5, 5.41) is 2.63. The number of benzene rings is 1. The lowest BCUT2D eigenvalue weighted by Gasteiger charge is -2.19. The molecule has 120 valence electrons. The van der Waals surface area contributed by atoms with Crippen molar-refractivity contribution >= 4 is 23.5 Å². The largest absolute Gasteiger partial charge is 0.465 e. The lowest BCUT2D eigenvalue weighted by atomic mass is 9.92. The second-order valence-corrected chi connectivity index (χ2v) is 4.69. The number of rotatable bonds is 5. The van der Waals surface area contributed by atoms with Crippen LogP contribution in [0.4, 0.5) is 5.69 Å². The van der Waals surface area contributed by atoms with Gasteiger partial charge < -0.3 is 14.8 Å². The number of amides is 1. The number of anilines is 1. The van der Waals surface area contributed by atoms with E-state index in [2.05, 4.69) is 5.32 Å². The third-order valence-corrected chi connectivity index (χ3v) is 3.33. The quantitative estimate of drug-likeness (QED) is 0.844. The van der Waals surface area contributed by atoms with E-state index in [1.165, 1.54) is 21.1 Å². The molecule has 0 aliphatic heterocycles. The molecule has 0 bridgehead atoms. The van der Waals surface area contributed by atoms with Crippen molar-refractivity contribution in [3.63, 3.8) is 0 Å². The van der Waals surface area contributed by atoms with Gasteiger partial charge in [0.15, 0.2) is 0 Å². The molecule has 0 unspecified atom stereocenters. The highest BCUT2D eigenvalue weighted by Crippen LogP contribution is 2.30. The maximum Gasteiger partial charge on any atom is 0.340 e. The van der Waals surface area contributed by atoms with E-state index in [1.807, 2.05) is 19.9 Å². The summed E-state index contributed by atoms with van der Waals surface area (Å²) in [5.74, 6) is -1.65. The molecule has 0 radical (unpaired) electrons. The fourth-order valence-electron chi connectivity index (χ4n) is 2.32. The number of aryl methyl sites for hydroxylation is 2. The number of nitrogens with one attached hydrogen (secondary N) is 1. The van der Waals surface area contributed by atoms with Crippen LogP contribution in [0.2, 0.25) is 0 Å². The first-order valence-corrected chi connectivity index (χ1v) is 7.04. The van der Waals surface area contributed by atoms with Gasteiger partial charge in [-0.15, -0.1) is 0 Å². The summed E-state index contributed by atoms with van der Waals surface area (Å²) >= 11 is 0. The number of carbonyl (C=O) groups is 3. The molecule has 0 heterocycles. The minimum absolute atomic E-state index is 0.0424. The predicted octanol–water partition coefficient (Wildman–Crippen LogP) is 2.34. The highest BCUT2D eigenvalue weighted by atomic mass is 16.5. The summed E-state index contributed by atoms with van der Waals surface area (Å²) in [4.78, 5) is 35.8. The summed E-state index contributed by atoms with van der Waals surface area (Å²) < 4.78 is 9.58. The van der Waals surface area contributed by atoms with E-state index in [9.17, 15) is 14.4 Å². The number of carbonyl (C=O) groups excluding carboxylic acids is 3. The molecular weight excluding hydrogens is 286 g/mol. The Labute approximate surface area is 129 Å². The monoisotopic (exact) mass is 307 g/mol. The highest BCUT2D eigenvalue weighted by molar-refractivity contribution is 6.10. The molecule has 0 aliphatic rings. The average molecular weight is 307 g/mol. The van der Waals surface area contributed by atoms with E-state index in [4.69, 9.17) is 9.47 Å². The van der Waals surface area contributed by atoms with E-state index < -0.39 is 11.9 Å². The van der Waals surface area contributed by atoms with Crippen molar-refractivity contribution in [2.24, 2.45) is 0 Å². The van der Waals surface area contributed by atoms with Gasteiger partial charge in [0, 0.05) is 6.92 Å². The molecule has 0 saturated carbocycles. The molecular formula is C16H21NO5. The van der Waals surface area contributed by atoms with Crippen LogP contribution in [-0.2, 0) is 27.1 Å². The van der Waals surface area contributed by atoms with Gasteiger partial charge in [0.05, 0.1) is 31.0 Å². The van der Waals surface area contributed by atoms with Crippen molar-refractivity contribution < 1.29 is 23.9 Å². The lowest BCUT2D eigenvalue weighted by Crippen LogP contribution is -2.20. The van der Waals surface area contributed by atoms with E-state index in [1.54, 1.807) is 0 Å². The summed E-state index contributed by atoms with van der Waals surface area (Å²) in [7, 11) is 2.47. The minimum atomic E-state index is -0.686. The number of ether oxygens (including phenoxy) is 2. The van der Waals surface area contributed by atoms with Crippen molar-refractivity contribution in [2.75, 3.05) is 19.5 Å². The smallest absolute Gasteiger partial charge is 0.340 e. The van der Waals surface area contributed by atoms with Crippen LogP contribution >= 0.6 is 0 Å². The molecule has 1 amide bonds. The van der Waals surface area contributed by atoms with Crippen LogP contribution in [0.1, 0.15) is 52.6 Å². The second kappa shape index (κ2) is 7.59. The van der Waals surface area contributed by atoms with Crippen LogP contribution in [0.5, 0.6) is 0 Å². The fourth-order valence-corrected chi connectivity index (χ4v) is 2.32. The maximum absolute atomic E-state index is 12.2. The fraction of sp³-hybridized carbons (Fsp3) is 0.438. The first-order chi connectivity index (χ1) is 10.4. The number of hydrogen-bond acceptors (Lipinski definition) is 5. The van der Waals surface area contributed by atoms with Crippen molar-refractivity contribution in [3.8, 4) is 0 Å². The SMILES string of the molecule is CCc1cc(CC)c(C(=O)OC)c(C(=O)OC)c1NC(C)=O. The summed E-state index contributed by atoms with van der Waals surface area (Å²) in [6, 6.07) is 1.81. The third-order valence-electron chi connectivity index (χ3n) is 3.33. The number of methoxy groups -OCH3 is 2. The van der Waals surface area contributed by atoms with E-state index in [0.717, 1.165) is 5.56 Å². The Morgan fingerprint density at radius 1 is 0.955 bits per heavy atom. The van der Waals surface area contributed by atoms with Gasteiger partial charge in [0.2, 0.25) is 5.91 Å². The first-order valence-electron chi connectivity index (χ1n) is 7.04. The summed E-state index contributed by atoms with van der Waals surface area (Å²) in [5.41, 5.74) is 1.93. The molecule has 0 saturated heterocycles. The van der Waals surface area contributed by atoms with E-state index in [-0.39, 0.29) is 17.0 Å². The Hall–Kier alpha value is -2.37. The van der Waals surface area contributed by atoms with Crippen molar-refractivity contribution in [2.45, 2.75) is 33.6 Å². The van der Waals surface area contributed by atoms with Crippen LogP contribution in [-0.4, -0.2) is 32.1 Å². The van der Waals surface area contributed by atoms with Crippen molar-refractivity contribution in [1.29, 1.82) is 0 Å². The number of hydrogen-bond donors (Lipinski definition) is 1. The second-order valence-electron chi connectivity index (χ2n) is 4.69. The summed E-state index contributed by atoms with van der Waals surface area (Å²) in [6.45, 7) is 5.12. The Balaban J connectivity index is 3.82. The third kappa shape index (κ3) is 3.44. The van der Waals surface area contributed by atoms with Crippen molar-refractivity contribution in [3.05, 3.63) is 28.3 Å². The van der Waals surface area contributed by atoms with Gasteiger partial charge in [-0.05, 0) is 24.0 Å². The predicted molar refractivity (Wildman–Crippen MR) is 82.2 cm³/mol. The van der Waals surface area contributed by atoms with E-state index >= 15 is 0 Å². The van der Waals surface area contributed by atoms with Gasteiger partial charge in [0.1, 0.15) is 0 Å². The molecule has 1 aromatic carbocycles. The molecule has 0 fully saturated rings. The molecule has 0 spiro atoms.